The van der Waals surface area contributed by atoms with Gasteiger partial charge >= 0.3 is 6.01 Å². The van der Waals surface area contributed by atoms with Crippen LogP contribution in [0.3, 0.4) is 0 Å². The number of ether oxygens (including phenoxy) is 2. The molecule has 2 aromatic rings. The van der Waals surface area contributed by atoms with Crippen LogP contribution in [0.15, 0.2) is 36.9 Å². The van der Waals surface area contributed by atoms with E-state index in [0.29, 0.717) is 38.3 Å². The molecule has 0 saturated carbocycles. The van der Waals surface area contributed by atoms with Gasteiger partial charge < -0.3 is 24.2 Å². The van der Waals surface area contributed by atoms with Gasteiger partial charge in [-0.3, -0.25) is 4.79 Å². The minimum atomic E-state index is -0.223. The maximum absolute atomic E-state index is 12.6. The third kappa shape index (κ3) is 5.27. The van der Waals surface area contributed by atoms with Crippen molar-refractivity contribution in [3.8, 4) is 12.1 Å². The maximum atomic E-state index is 12.6. The lowest BCUT2D eigenvalue weighted by atomic mass is 9.61. The highest BCUT2D eigenvalue weighted by Crippen LogP contribution is 2.53. The lowest BCUT2D eigenvalue weighted by Gasteiger charge is -2.47. The van der Waals surface area contributed by atoms with Gasteiger partial charge in [0.2, 0.25) is 5.91 Å². The normalized spacial score (nSPS) is 27.3. The number of anilines is 1. The van der Waals surface area contributed by atoms with Gasteiger partial charge in [-0.25, -0.2) is 0 Å². The number of methoxy groups -OCH3 is 1. The largest absolute Gasteiger partial charge is 0.462 e. The van der Waals surface area contributed by atoms with E-state index < -0.39 is 0 Å². The third-order valence-corrected chi connectivity index (χ3v) is 10.1. The Morgan fingerprint density at radius 3 is 2.79 bits per heavy atom. The number of hydrogen-bond acceptors (Lipinski definition) is 8. The summed E-state index contributed by atoms with van der Waals surface area (Å²) < 4.78 is 12.6. The van der Waals surface area contributed by atoms with Gasteiger partial charge in [-0.15, -0.1) is 0 Å². The summed E-state index contributed by atoms with van der Waals surface area (Å²) in [5, 5.41) is 9.54. The fraction of sp³-hybridized carbons (Fsp3) is 0.576. The first-order valence-electron chi connectivity index (χ1n) is 15.3. The second-order valence-corrected chi connectivity index (χ2v) is 12.4. The summed E-state index contributed by atoms with van der Waals surface area (Å²) in [4.78, 5) is 29.0. The second kappa shape index (κ2) is 12.0. The summed E-state index contributed by atoms with van der Waals surface area (Å²) in [6.07, 6.45) is 8.65. The van der Waals surface area contributed by atoms with Crippen LogP contribution in [0.5, 0.6) is 6.01 Å². The number of likely N-dealkylation sites (tertiary alicyclic amines) is 1. The van der Waals surface area contributed by atoms with Crippen LogP contribution in [0.4, 0.5) is 5.82 Å². The molecule has 0 bridgehead atoms. The molecule has 2 aliphatic heterocycles. The number of rotatable bonds is 7. The smallest absolute Gasteiger partial charge is 0.318 e. The third-order valence-electron chi connectivity index (χ3n) is 10.1. The van der Waals surface area contributed by atoms with Gasteiger partial charge in [-0.05, 0) is 75.7 Å². The number of benzene rings is 1. The molecule has 3 heterocycles. The molecule has 222 valence electrons. The zero-order valence-corrected chi connectivity index (χ0v) is 24.9. The predicted molar refractivity (Wildman–Crippen MR) is 160 cm³/mol. The molecule has 1 amide bonds. The summed E-state index contributed by atoms with van der Waals surface area (Å²) in [5.74, 6) is 0.762. The van der Waals surface area contributed by atoms with Crippen LogP contribution < -0.4 is 9.64 Å². The van der Waals surface area contributed by atoms with Crippen molar-refractivity contribution in [2.24, 2.45) is 5.41 Å². The van der Waals surface area contributed by atoms with Crippen LogP contribution in [0.25, 0.3) is 0 Å². The van der Waals surface area contributed by atoms with Crippen LogP contribution >= 0.6 is 0 Å². The number of aromatic nitrogens is 2. The minimum Gasteiger partial charge on any atom is -0.462 e. The van der Waals surface area contributed by atoms with Gasteiger partial charge in [0, 0.05) is 43.8 Å². The number of fused-ring (bicyclic) bond motifs is 2. The molecule has 2 aliphatic carbocycles. The van der Waals surface area contributed by atoms with Gasteiger partial charge in [0.25, 0.3) is 0 Å². The monoisotopic (exact) mass is 570 g/mol. The topological polar surface area (TPSA) is 94.8 Å². The predicted octanol–water partition coefficient (Wildman–Crippen LogP) is 3.88. The summed E-state index contributed by atoms with van der Waals surface area (Å²) >= 11 is 0. The first kappa shape index (κ1) is 28.6. The molecule has 1 aromatic heterocycles. The van der Waals surface area contributed by atoms with E-state index in [-0.39, 0.29) is 29.9 Å². The van der Waals surface area contributed by atoms with E-state index in [1.807, 2.05) is 7.11 Å². The highest BCUT2D eigenvalue weighted by molar-refractivity contribution is 5.87. The number of carbonyl (C=O) groups is 1. The number of likely N-dealkylation sites (N-methyl/N-ethyl adjacent to an activating group) is 1. The van der Waals surface area contributed by atoms with E-state index in [1.165, 1.54) is 29.2 Å². The molecular weight excluding hydrogens is 528 g/mol. The zero-order chi connectivity index (χ0) is 29.3. The first-order chi connectivity index (χ1) is 20.5. The summed E-state index contributed by atoms with van der Waals surface area (Å²) in [6.45, 7) is 7.01. The van der Waals surface area contributed by atoms with Crippen LogP contribution in [0, 0.1) is 16.7 Å². The van der Waals surface area contributed by atoms with Gasteiger partial charge in [0.05, 0.1) is 30.3 Å². The van der Waals surface area contributed by atoms with Crippen LogP contribution in [0.1, 0.15) is 60.6 Å². The van der Waals surface area contributed by atoms with Crippen molar-refractivity contribution >= 4 is 11.7 Å². The van der Waals surface area contributed by atoms with Crippen molar-refractivity contribution in [3.63, 3.8) is 0 Å². The number of carbonyl (C=O) groups excluding carboxylic acids is 1. The Labute approximate surface area is 249 Å². The van der Waals surface area contributed by atoms with E-state index in [4.69, 9.17) is 19.4 Å². The Morgan fingerprint density at radius 1 is 1.19 bits per heavy atom. The lowest BCUT2D eigenvalue weighted by molar-refractivity contribution is -0.128. The molecule has 0 N–H and O–H groups in total. The van der Waals surface area contributed by atoms with Gasteiger partial charge in [-0.1, -0.05) is 30.8 Å². The van der Waals surface area contributed by atoms with E-state index in [1.54, 1.807) is 4.90 Å². The molecule has 1 spiro atoms. The van der Waals surface area contributed by atoms with Gasteiger partial charge in [-0.2, -0.15) is 15.2 Å². The molecule has 9 heteroatoms. The SMILES string of the molecule is C=CC(=O)N1CCN(c2nc(OCC3CCCN3C)nc3c2CC[C@@]2(CCc4ccccc4C2OC)C3)CC1CC#N. The van der Waals surface area contributed by atoms with Crippen molar-refractivity contribution in [1.29, 1.82) is 5.26 Å². The molecule has 3 unspecified atom stereocenters. The lowest BCUT2D eigenvalue weighted by Crippen LogP contribution is -2.55. The van der Waals surface area contributed by atoms with E-state index in [9.17, 15) is 10.1 Å². The Hall–Kier alpha value is -3.48. The van der Waals surface area contributed by atoms with Gasteiger partial charge in [0.15, 0.2) is 0 Å². The zero-order valence-electron chi connectivity index (χ0n) is 24.9. The molecule has 0 radical (unpaired) electrons. The number of hydrogen-bond donors (Lipinski definition) is 0. The Bertz CT molecular complexity index is 1370. The van der Waals surface area contributed by atoms with Gasteiger partial charge in [0.1, 0.15) is 12.4 Å². The average molecular weight is 571 g/mol. The van der Waals surface area contributed by atoms with E-state index >= 15 is 0 Å². The molecule has 6 rings (SSSR count). The number of piperazine rings is 1. The van der Waals surface area contributed by atoms with Crippen molar-refractivity contribution in [3.05, 3.63) is 59.3 Å². The Kier molecular flexibility index (Phi) is 8.19. The number of amides is 1. The summed E-state index contributed by atoms with van der Waals surface area (Å²) in [7, 11) is 3.98. The maximum Gasteiger partial charge on any atom is 0.318 e. The molecule has 2 fully saturated rings. The quantitative estimate of drug-likeness (QED) is 0.463. The highest BCUT2D eigenvalue weighted by Gasteiger charge is 2.47. The fourth-order valence-electron chi connectivity index (χ4n) is 7.79. The second-order valence-electron chi connectivity index (χ2n) is 12.4. The summed E-state index contributed by atoms with van der Waals surface area (Å²) in [5.41, 5.74) is 4.85. The van der Waals surface area contributed by atoms with Crippen molar-refractivity contribution < 1.29 is 14.3 Å². The Balaban J connectivity index is 1.34. The highest BCUT2D eigenvalue weighted by atomic mass is 16.5. The molecular formula is C33H42N6O3. The number of aryl methyl sites for hydroxylation is 1. The van der Waals surface area contributed by atoms with Crippen molar-refractivity contribution in [2.75, 3.05) is 51.8 Å². The molecule has 4 aliphatic rings. The number of nitriles is 1. The van der Waals surface area contributed by atoms with Crippen LogP contribution in [0.2, 0.25) is 0 Å². The van der Waals surface area contributed by atoms with Crippen molar-refractivity contribution in [1.82, 2.24) is 19.8 Å². The molecule has 4 atom stereocenters. The van der Waals surface area contributed by atoms with Crippen molar-refractivity contribution in [2.45, 2.75) is 69.6 Å². The molecule has 9 nitrogen and oxygen atoms in total. The minimum absolute atomic E-state index is 0.0130. The molecule has 1 aromatic carbocycles. The summed E-state index contributed by atoms with van der Waals surface area (Å²) in [6, 6.07) is 11.5. The standard InChI is InChI=1S/C33H42N6O3/c1-4-29(40)39-19-18-38(21-24(39)13-16-34)31-27-12-15-33(14-11-23-8-5-6-10-26(23)30(33)41-3)20-28(27)35-32(36-31)42-22-25-9-7-17-37(25)2/h4-6,8,10,24-25,30H,1,7,9,11-15,17-22H2,2-3H3/t24?,25?,30?,33-/m0/s1. The average Bonchev–Trinajstić information content (AvgIpc) is 3.43. The Morgan fingerprint density at radius 2 is 2.02 bits per heavy atom. The molecule has 2 saturated heterocycles. The molecule has 42 heavy (non-hydrogen) atoms. The first-order valence-corrected chi connectivity index (χ1v) is 15.3. The van der Waals surface area contributed by atoms with E-state index in [2.05, 4.69) is 53.8 Å². The van der Waals surface area contributed by atoms with Crippen LogP contribution in [-0.2, 0) is 28.8 Å². The fourth-order valence-corrected chi connectivity index (χ4v) is 7.79. The van der Waals surface area contributed by atoms with Crippen LogP contribution in [-0.4, -0.2) is 84.7 Å². The number of nitrogens with zero attached hydrogens (tertiary/aromatic N) is 6. The van der Waals surface area contributed by atoms with E-state index in [0.717, 1.165) is 56.6 Å².